The van der Waals surface area contributed by atoms with Crippen molar-refractivity contribution in [3.05, 3.63) is 139 Å². The Morgan fingerprint density at radius 2 is 1.68 bits per heavy atom. The van der Waals surface area contributed by atoms with Gasteiger partial charge in [0.1, 0.15) is 11.5 Å². The van der Waals surface area contributed by atoms with E-state index >= 15 is 0 Å². The molecule has 3 aromatic carbocycles. The molecule has 1 aliphatic rings. The molecule has 222 valence electrons. The number of carbonyl (C=O) groups excluding carboxylic acids is 1. The molecule has 0 aliphatic carbocycles. The maximum Gasteiger partial charge on any atom is 0.338 e. The molecule has 0 spiro atoms. The highest BCUT2D eigenvalue weighted by Crippen LogP contribution is 2.32. The minimum atomic E-state index is -0.710. The number of rotatable bonds is 5. The molecule has 0 fully saturated rings. The number of methoxy groups -OCH3 is 1. The maximum absolute atomic E-state index is 14.2. The second-order valence-electron chi connectivity index (χ2n) is 11.7. The zero-order valence-corrected chi connectivity index (χ0v) is 25.9. The number of para-hydroxylation sites is 1. The number of hydrogen-bond acceptors (Lipinski definition) is 6. The molecule has 0 N–H and O–H groups in total. The van der Waals surface area contributed by atoms with Crippen LogP contribution in [0.1, 0.15) is 50.4 Å². The molecule has 9 heteroatoms. The zero-order valence-electron chi connectivity index (χ0n) is 25.0. The third-order valence-corrected chi connectivity index (χ3v) is 8.67. The fourth-order valence-corrected chi connectivity index (χ4v) is 6.39. The average molecular weight is 607 g/mol. The van der Waals surface area contributed by atoms with Gasteiger partial charge in [-0.05, 0) is 65.9 Å². The Balaban J connectivity index is 1.55. The molecule has 0 bridgehead atoms. The lowest BCUT2D eigenvalue weighted by Crippen LogP contribution is -2.39. The van der Waals surface area contributed by atoms with Crippen LogP contribution in [0.3, 0.4) is 0 Å². The van der Waals surface area contributed by atoms with Crippen LogP contribution in [0.15, 0.2) is 106 Å². The van der Waals surface area contributed by atoms with Crippen molar-refractivity contribution in [1.29, 1.82) is 0 Å². The van der Waals surface area contributed by atoms with E-state index in [-0.39, 0.29) is 16.8 Å². The van der Waals surface area contributed by atoms with Crippen LogP contribution in [0.2, 0.25) is 0 Å². The van der Waals surface area contributed by atoms with Crippen LogP contribution in [0, 0.1) is 5.82 Å². The maximum atomic E-state index is 14.2. The highest BCUT2D eigenvalue weighted by Gasteiger charge is 2.33. The number of esters is 1. The number of ether oxygens (including phenoxy) is 1. The molecule has 0 amide bonds. The molecule has 6 rings (SSSR count). The molecule has 0 radical (unpaired) electrons. The van der Waals surface area contributed by atoms with Crippen molar-refractivity contribution < 1.29 is 13.9 Å². The summed E-state index contributed by atoms with van der Waals surface area (Å²) >= 11 is 1.24. The van der Waals surface area contributed by atoms with E-state index in [9.17, 15) is 14.0 Å². The van der Waals surface area contributed by atoms with Gasteiger partial charge in [0.05, 0.1) is 34.6 Å². The van der Waals surface area contributed by atoms with Gasteiger partial charge < -0.3 is 4.74 Å². The normalized spacial score (nSPS) is 15.2. The minimum Gasteiger partial charge on any atom is -0.466 e. The molecule has 0 unspecified atom stereocenters. The van der Waals surface area contributed by atoms with Gasteiger partial charge in [-0.2, -0.15) is 5.10 Å². The standard InChI is InChI=1S/C35H31FN4O3S/c1-21-29(33(42)43-5)31(23-11-15-25(16-12-23)35(2,3)4)40-32(41)28(44-34(40)37-21)19-24-20-39(27-9-7-6-8-10-27)38-30(24)22-13-17-26(36)18-14-22/h6-20,31H,1-5H3/b28-19+/t31-/m1/s1. The van der Waals surface area contributed by atoms with E-state index in [1.165, 1.54) is 30.6 Å². The van der Waals surface area contributed by atoms with E-state index in [4.69, 9.17) is 9.84 Å². The summed E-state index contributed by atoms with van der Waals surface area (Å²) in [6, 6.07) is 23.0. The third kappa shape index (κ3) is 5.35. The SMILES string of the molecule is COC(=O)C1=C(C)N=c2s/c(=C/c3cn(-c4ccccc4)nc3-c3ccc(F)cc3)c(=O)n2[C@@H]1c1ccc(C(C)(C)C)cc1. The fourth-order valence-electron chi connectivity index (χ4n) is 5.35. The molecule has 2 aromatic heterocycles. The van der Waals surface area contributed by atoms with E-state index in [1.807, 2.05) is 60.8 Å². The summed E-state index contributed by atoms with van der Waals surface area (Å²) in [5, 5.41) is 4.80. The van der Waals surface area contributed by atoms with Crippen molar-refractivity contribution in [3.8, 4) is 16.9 Å². The number of benzene rings is 3. The zero-order chi connectivity index (χ0) is 31.2. The van der Waals surface area contributed by atoms with Gasteiger partial charge in [0.2, 0.25) is 0 Å². The Morgan fingerprint density at radius 3 is 2.32 bits per heavy atom. The molecule has 1 aliphatic heterocycles. The molecular formula is C35H31FN4O3S. The Kier molecular flexibility index (Phi) is 7.51. The topological polar surface area (TPSA) is 78.5 Å². The average Bonchev–Trinajstić information content (AvgIpc) is 3.57. The van der Waals surface area contributed by atoms with Gasteiger partial charge in [0.25, 0.3) is 5.56 Å². The van der Waals surface area contributed by atoms with Crippen molar-refractivity contribution in [2.24, 2.45) is 4.99 Å². The summed E-state index contributed by atoms with van der Waals surface area (Å²) < 4.78 is 22.7. The van der Waals surface area contributed by atoms with Gasteiger partial charge in [-0.3, -0.25) is 9.36 Å². The largest absolute Gasteiger partial charge is 0.466 e. The van der Waals surface area contributed by atoms with Crippen LogP contribution < -0.4 is 14.9 Å². The molecule has 0 saturated carbocycles. The van der Waals surface area contributed by atoms with Crippen LogP contribution in [-0.2, 0) is 14.9 Å². The molecular weight excluding hydrogens is 575 g/mol. The highest BCUT2D eigenvalue weighted by molar-refractivity contribution is 7.07. The van der Waals surface area contributed by atoms with Crippen molar-refractivity contribution in [2.75, 3.05) is 7.11 Å². The predicted octanol–water partition coefficient (Wildman–Crippen LogP) is 5.70. The Labute approximate surface area is 257 Å². The summed E-state index contributed by atoms with van der Waals surface area (Å²) in [5.41, 5.74) is 5.22. The van der Waals surface area contributed by atoms with Gasteiger partial charge >= 0.3 is 5.97 Å². The molecule has 1 atom stereocenters. The summed E-state index contributed by atoms with van der Waals surface area (Å²) in [5.74, 6) is -0.883. The van der Waals surface area contributed by atoms with Crippen LogP contribution in [0.4, 0.5) is 4.39 Å². The van der Waals surface area contributed by atoms with Crippen molar-refractivity contribution in [3.63, 3.8) is 0 Å². The Hall–Kier alpha value is -4.89. The Morgan fingerprint density at radius 1 is 1.00 bits per heavy atom. The molecule has 5 aromatic rings. The summed E-state index contributed by atoms with van der Waals surface area (Å²) in [7, 11) is 1.33. The number of allylic oxidation sites excluding steroid dienone is 1. The number of halogens is 1. The smallest absolute Gasteiger partial charge is 0.338 e. The van der Waals surface area contributed by atoms with Gasteiger partial charge in [0, 0.05) is 17.3 Å². The van der Waals surface area contributed by atoms with Gasteiger partial charge in [-0.25, -0.2) is 18.9 Å². The van der Waals surface area contributed by atoms with E-state index in [1.54, 1.807) is 34.4 Å². The number of carbonyl (C=O) groups is 1. The molecule has 0 saturated heterocycles. The number of aromatic nitrogens is 3. The summed E-state index contributed by atoms with van der Waals surface area (Å²) in [6.07, 6.45) is 3.63. The lowest BCUT2D eigenvalue weighted by atomic mass is 9.85. The first kappa shape index (κ1) is 29.2. The van der Waals surface area contributed by atoms with Crippen LogP contribution in [-0.4, -0.2) is 27.4 Å². The van der Waals surface area contributed by atoms with E-state index in [0.717, 1.165) is 16.8 Å². The summed E-state index contributed by atoms with van der Waals surface area (Å²) in [6.45, 7) is 8.16. The van der Waals surface area contributed by atoms with Gasteiger partial charge in [-0.1, -0.05) is 74.6 Å². The number of fused-ring (bicyclic) bond motifs is 1. The first-order valence-electron chi connectivity index (χ1n) is 14.2. The van der Waals surface area contributed by atoms with Crippen molar-refractivity contribution in [2.45, 2.75) is 39.2 Å². The van der Waals surface area contributed by atoms with Crippen molar-refractivity contribution in [1.82, 2.24) is 14.3 Å². The molecule has 44 heavy (non-hydrogen) atoms. The quantitative estimate of drug-likeness (QED) is 0.241. The number of hydrogen-bond donors (Lipinski definition) is 0. The van der Waals surface area contributed by atoms with Gasteiger partial charge in [-0.15, -0.1) is 0 Å². The van der Waals surface area contributed by atoms with E-state index in [2.05, 4.69) is 25.8 Å². The lowest BCUT2D eigenvalue weighted by Gasteiger charge is -2.25. The minimum absolute atomic E-state index is 0.0592. The van der Waals surface area contributed by atoms with Crippen molar-refractivity contribution >= 4 is 23.4 Å². The third-order valence-electron chi connectivity index (χ3n) is 7.69. The summed E-state index contributed by atoms with van der Waals surface area (Å²) in [4.78, 5) is 32.4. The van der Waals surface area contributed by atoms with Crippen LogP contribution >= 0.6 is 11.3 Å². The second kappa shape index (κ2) is 11.3. The van der Waals surface area contributed by atoms with E-state index in [0.29, 0.717) is 37.4 Å². The first-order valence-corrected chi connectivity index (χ1v) is 15.0. The molecule has 7 nitrogen and oxygen atoms in total. The fraction of sp³-hybridized carbons (Fsp3) is 0.200. The van der Waals surface area contributed by atoms with Crippen LogP contribution in [0.25, 0.3) is 23.0 Å². The van der Waals surface area contributed by atoms with Crippen LogP contribution in [0.5, 0.6) is 0 Å². The lowest BCUT2D eigenvalue weighted by molar-refractivity contribution is -0.136. The number of thiazole rings is 1. The second-order valence-corrected chi connectivity index (χ2v) is 12.7. The van der Waals surface area contributed by atoms with E-state index < -0.39 is 12.0 Å². The highest BCUT2D eigenvalue weighted by atomic mass is 32.1. The number of nitrogens with zero attached hydrogens (tertiary/aromatic N) is 4. The predicted molar refractivity (Wildman–Crippen MR) is 170 cm³/mol. The monoisotopic (exact) mass is 606 g/mol. The first-order chi connectivity index (χ1) is 21.0. The van der Waals surface area contributed by atoms with Gasteiger partial charge in [0.15, 0.2) is 4.80 Å². The molecule has 3 heterocycles. The Bertz CT molecular complexity index is 2080.